The SMILES string of the molecule is CCOc1cc(C(=O)Nc2ccc(C(=O)OC3CCCCC3)cc2)cc(OCC)c1OCC. The lowest BCUT2D eigenvalue weighted by atomic mass is 9.98. The standard InChI is InChI=1S/C26H33NO6/c1-4-30-22-16-19(17-23(31-5-2)24(22)32-6-3)25(28)27-20-14-12-18(13-15-20)26(29)33-21-10-8-7-9-11-21/h12-17,21H,4-11H2,1-3H3,(H,27,28). The zero-order chi connectivity index (χ0) is 23.6. The molecule has 0 saturated heterocycles. The fourth-order valence-electron chi connectivity index (χ4n) is 3.82. The van der Waals surface area contributed by atoms with Crippen LogP contribution in [-0.2, 0) is 4.74 Å². The Labute approximate surface area is 195 Å². The molecule has 0 heterocycles. The summed E-state index contributed by atoms with van der Waals surface area (Å²) >= 11 is 0. The number of anilines is 1. The molecular formula is C26H33NO6. The molecule has 7 heteroatoms. The Morgan fingerprint density at radius 3 is 1.94 bits per heavy atom. The minimum Gasteiger partial charge on any atom is -0.490 e. The van der Waals surface area contributed by atoms with E-state index in [0.717, 1.165) is 25.7 Å². The molecule has 178 valence electrons. The summed E-state index contributed by atoms with van der Waals surface area (Å²) in [6.45, 7) is 6.90. The largest absolute Gasteiger partial charge is 0.490 e. The van der Waals surface area contributed by atoms with Crippen LogP contribution in [0.4, 0.5) is 5.69 Å². The van der Waals surface area contributed by atoms with Crippen molar-refractivity contribution in [2.75, 3.05) is 25.1 Å². The second-order valence-corrected chi connectivity index (χ2v) is 7.80. The molecule has 33 heavy (non-hydrogen) atoms. The van der Waals surface area contributed by atoms with Gasteiger partial charge >= 0.3 is 5.97 Å². The molecule has 2 aromatic carbocycles. The zero-order valence-electron chi connectivity index (χ0n) is 19.6. The van der Waals surface area contributed by atoms with Gasteiger partial charge in [-0.3, -0.25) is 4.79 Å². The number of rotatable bonds is 10. The Morgan fingerprint density at radius 1 is 0.818 bits per heavy atom. The maximum Gasteiger partial charge on any atom is 0.338 e. The molecule has 0 spiro atoms. The highest BCUT2D eigenvalue weighted by molar-refractivity contribution is 6.05. The highest BCUT2D eigenvalue weighted by Crippen LogP contribution is 2.39. The zero-order valence-corrected chi connectivity index (χ0v) is 19.6. The van der Waals surface area contributed by atoms with Crippen molar-refractivity contribution in [3.05, 3.63) is 47.5 Å². The van der Waals surface area contributed by atoms with Crippen molar-refractivity contribution in [3.8, 4) is 17.2 Å². The van der Waals surface area contributed by atoms with Crippen LogP contribution in [0.3, 0.4) is 0 Å². The Hall–Kier alpha value is -3.22. The van der Waals surface area contributed by atoms with Gasteiger partial charge in [0, 0.05) is 11.3 Å². The van der Waals surface area contributed by atoms with E-state index < -0.39 is 0 Å². The molecule has 1 saturated carbocycles. The van der Waals surface area contributed by atoms with Gasteiger partial charge in [0.2, 0.25) is 5.75 Å². The van der Waals surface area contributed by atoms with Crippen molar-refractivity contribution in [2.24, 2.45) is 0 Å². The van der Waals surface area contributed by atoms with Gasteiger partial charge in [-0.15, -0.1) is 0 Å². The Bertz CT molecular complexity index is 907. The number of benzene rings is 2. The Balaban J connectivity index is 1.71. The predicted molar refractivity (Wildman–Crippen MR) is 127 cm³/mol. The molecule has 1 fully saturated rings. The first-order valence-corrected chi connectivity index (χ1v) is 11.7. The predicted octanol–water partition coefficient (Wildman–Crippen LogP) is 5.62. The van der Waals surface area contributed by atoms with Gasteiger partial charge in [-0.05, 0) is 82.9 Å². The van der Waals surface area contributed by atoms with Crippen molar-refractivity contribution >= 4 is 17.6 Å². The van der Waals surface area contributed by atoms with E-state index in [1.807, 2.05) is 20.8 Å². The summed E-state index contributed by atoms with van der Waals surface area (Å²) in [7, 11) is 0. The first kappa shape index (κ1) is 24.4. The van der Waals surface area contributed by atoms with Crippen molar-refractivity contribution in [1.82, 2.24) is 0 Å². The van der Waals surface area contributed by atoms with E-state index in [-0.39, 0.29) is 18.0 Å². The third-order valence-corrected chi connectivity index (χ3v) is 5.38. The van der Waals surface area contributed by atoms with E-state index in [0.29, 0.717) is 53.9 Å². The van der Waals surface area contributed by atoms with Crippen LogP contribution in [0.25, 0.3) is 0 Å². The summed E-state index contributed by atoms with van der Waals surface area (Å²) in [5.74, 6) is 0.748. The molecule has 0 unspecified atom stereocenters. The van der Waals surface area contributed by atoms with E-state index in [9.17, 15) is 9.59 Å². The van der Waals surface area contributed by atoms with Gasteiger partial charge in [0.15, 0.2) is 11.5 Å². The number of nitrogens with one attached hydrogen (secondary N) is 1. The number of amides is 1. The lowest BCUT2D eigenvalue weighted by Gasteiger charge is -2.21. The minimum absolute atomic E-state index is 0.00404. The van der Waals surface area contributed by atoms with Gasteiger partial charge in [-0.25, -0.2) is 4.79 Å². The number of esters is 1. The maximum absolute atomic E-state index is 12.9. The summed E-state index contributed by atoms with van der Waals surface area (Å²) < 4.78 is 22.7. The summed E-state index contributed by atoms with van der Waals surface area (Å²) in [5.41, 5.74) is 1.42. The molecule has 0 radical (unpaired) electrons. The number of carbonyl (C=O) groups is 2. The molecule has 0 bridgehead atoms. The van der Waals surface area contributed by atoms with Crippen LogP contribution in [0.15, 0.2) is 36.4 Å². The summed E-state index contributed by atoms with van der Waals surface area (Å²) in [5, 5.41) is 2.85. The molecule has 0 aliphatic heterocycles. The molecule has 1 aliphatic carbocycles. The highest BCUT2D eigenvalue weighted by atomic mass is 16.5. The second kappa shape index (κ2) is 12.1. The summed E-state index contributed by atoms with van der Waals surface area (Å²) in [6, 6.07) is 9.99. The molecular weight excluding hydrogens is 422 g/mol. The first-order valence-electron chi connectivity index (χ1n) is 11.7. The van der Waals surface area contributed by atoms with Gasteiger partial charge in [0.25, 0.3) is 5.91 Å². The van der Waals surface area contributed by atoms with E-state index in [2.05, 4.69) is 5.32 Å². The molecule has 0 atom stereocenters. The minimum atomic E-state index is -0.325. The van der Waals surface area contributed by atoms with Crippen molar-refractivity contribution in [2.45, 2.75) is 59.0 Å². The van der Waals surface area contributed by atoms with Gasteiger partial charge in [0.05, 0.1) is 25.4 Å². The lowest BCUT2D eigenvalue weighted by molar-refractivity contribution is 0.0211. The van der Waals surface area contributed by atoms with E-state index in [4.69, 9.17) is 18.9 Å². The van der Waals surface area contributed by atoms with E-state index in [1.165, 1.54) is 6.42 Å². The molecule has 7 nitrogen and oxygen atoms in total. The van der Waals surface area contributed by atoms with Crippen molar-refractivity contribution in [1.29, 1.82) is 0 Å². The van der Waals surface area contributed by atoms with Crippen LogP contribution in [0, 0.1) is 0 Å². The third kappa shape index (κ3) is 6.63. The topological polar surface area (TPSA) is 83.1 Å². The van der Waals surface area contributed by atoms with E-state index >= 15 is 0 Å². The average molecular weight is 456 g/mol. The van der Waals surface area contributed by atoms with Gasteiger partial charge in [-0.2, -0.15) is 0 Å². The second-order valence-electron chi connectivity index (χ2n) is 7.80. The molecule has 2 aromatic rings. The molecule has 1 aliphatic rings. The smallest absolute Gasteiger partial charge is 0.338 e. The maximum atomic E-state index is 12.9. The van der Waals surface area contributed by atoms with Crippen LogP contribution in [0.2, 0.25) is 0 Å². The Kier molecular flexibility index (Phi) is 8.98. The van der Waals surface area contributed by atoms with Crippen LogP contribution in [0.1, 0.15) is 73.6 Å². The first-order chi connectivity index (χ1) is 16.0. The van der Waals surface area contributed by atoms with Gasteiger partial charge in [-0.1, -0.05) is 6.42 Å². The third-order valence-electron chi connectivity index (χ3n) is 5.38. The fraction of sp³-hybridized carbons (Fsp3) is 0.462. The number of carbonyl (C=O) groups excluding carboxylic acids is 2. The average Bonchev–Trinajstić information content (AvgIpc) is 2.82. The Morgan fingerprint density at radius 2 is 1.39 bits per heavy atom. The number of hydrogen-bond donors (Lipinski definition) is 1. The van der Waals surface area contributed by atoms with Crippen molar-refractivity contribution in [3.63, 3.8) is 0 Å². The van der Waals surface area contributed by atoms with Gasteiger partial charge < -0.3 is 24.3 Å². The van der Waals surface area contributed by atoms with E-state index in [1.54, 1.807) is 36.4 Å². The molecule has 3 rings (SSSR count). The van der Waals surface area contributed by atoms with Crippen molar-refractivity contribution < 1.29 is 28.5 Å². The highest BCUT2D eigenvalue weighted by Gasteiger charge is 2.20. The summed E-state index contributed by atoms with van der Waals surface area (Å²) in [4.78, 5) is 25.3. The number of ether oxygens (including phenoxy) is 4. The number of hydrogen-bond acceptors (Lipinski definition) is 6. The summed E-state index contributed by atoms with van der Waals surface area (Å²) in [6.07, 6.45) is 5.26. The van der Waals surface area contributed by atoms with Gasteiger partial charge in [0.1, 0.15) is 6.10 Å². The van der Waals surface area contributed by atoms with Crippen LogP contribution < -0.4 is 19.5 Å². The normalized spacial score (nSPS) is 13.8. The monoisotopic (exact) mass is 455 g/mol. The van der Waals surface area contributed by atoms with Crippen LogP contribution in [0.5, 0.6) is 17.2 Å². The molecule has 0 aromatic heterocycles. The molecule has 1 N–H and O–H groups in total. The quantitative estimate of drug-likeness (QED) is 0.468. The fourth-order valence-corrected chi connectivity index (χ4v) is 3.82. The van der Waals surface area contributed by atoms with Crippen LogP contribution >= 0.6 is 0 Å². The van der Waals surface area contributed by atoms with Crippen LogP contribution in [-0.4, -0.2) is 37.8 Å². The lowest BCUT2D eigenvalue weighted by Crippen LogP contribution is -2.21. The molecule has 1 amide bonds.